The van der Waals surface area contributed by atoms with Crippen molar-refractivity contribution in [2.24, 2.45) is 5.73 Å². The standard InChI is InChI=1S/C34H39NO5/c1-4-5-6-14-38-33(36)18-26-12-13-28(37-3)19-32(26)39-21-31-22(2)40-34-29(24-10-11-24)16-27(17-30(31)34)25-9-7-8-23(15-25)20-35/h7-9,12-13,15-17,19,24H,4-6,10-11,14,18,20-21,35H2,1-3H3. The Balaban J connectivity index is 1.44. The average Bonchev–Trinajstić information content (AvgIpc) is 3.77. The van der Waals surface area contributed by atoms with Gasteiger partial charge in [0.15, 0.2) is 0 Å². The molecule has 0 saturated heterocycles. The molecule has 4 aromatic rings. The van der Waals surface area contributed by atoms with Crippen molar-refractivity contribution in [1.29, 1.82) is 0 Å². The molecule has 1 fully saturated rings. The topological polar surface area (TPSA) is 83.9 Å². The SMILES string of the molecule is CCCCCOC(=O)Cc1ccc(OC)cc1OCc1c(C)oc2c(C3CC3)cc(-c3cccc(CN)c3)cc12. The number of esters is 1. The molecule has 1 aliphatic rings. The molecule has 0 unspecified atom stereocenters. The Bertz CT molecular complexity index is 1480. The van der Waals surface area contributed by atoms with Gasteiger partial charge in [-0.2, -0.15) is 0 Å². The first-order valence-corrected chi connectivity index (χ1v) is 14.3. The van der Waals surface area contributed by atoms with Crippen molar-refractivity contribution in [2.45, 2.75) is 71.4 Å². The van der Waals surface area contributed by atoms with E-state index in [2.05, 4.69) is 43.3 Å². The van der Waals surface area contributed by atoms with Gasteiger partial charge in [-0.05, 0) is 78.6 Å². The van der Waals surface area contributed by atoms with Crippen LogP contribution < -0.4 is 15.2 Å². The number of fused-ring (bicyclic) bond motifs is 1. The fourth-order valence-corrected chi connectivity index (χ4v) is 5.15. The van der Waals surface area contributed by atoms with E-state index in [-0.39, 0.29) is 12.4 Å². The number of benzene rings is 3. The molecule has 0 radical (unpaired) electrons. The first kappa shape index (κ1) is 27.8. The zero-order valence-corrected chi connectivity index (χ0v) is 23.8. The predicted molar refractivity (Wildman–Crippen MR) is 158 cm³/mol. The summed E-state index contributed by atoms with van der Waals surface area (Å²) in [5.74, 6) is 2.38. The van der Waals surface area contributed by atoms with Crippen LogP contribution in [0.3, 0.4) is 0 Å². The fraction of sp³-hybridized carbons (Fsp3) is 0.382. The quantitative estimate of drug-likeness (QED) is 0.139. The number of rotatable bonds is 13. The highest BCUT2D eigenvalue weighted by Crippen LogP contribution is 2.46. The van der Waals surface area contributed by atoms with E-state index >= 15 is 0 Å². The van der Waals surface area contributed by atoms with Gasteiger partial charge in [-0.25, -0.2) is 0 Å². The van der Waals surface area contributed by atoms with Crippen LogP contribution in [0.5, 0.6) is 11.5 Å². The molecule has 0 amide bonds. The molecule has 2 N–H and O–H groups in total. The summed E-state index contributed by atoms with van der Waals surface area (Å²) in [7, 11) is 1.62. The molecule has 0 aliphatic heterocycles. The lowest BCUT2D eigenvalue weighted by atomic mass is 9.96. The summed E-state index contributed by atoms with van der Waals surface area (Å²) in [6, 6.07) is 18.4. The van der Waals surface area contributed by atoms with Crippen LogP contribution in [0, 0.1) is 6.92 Å². The van der Waals surface area contributed by atoms with Gasteiger partial charge in [-0.3, -0.25) is 4.79 Å². The van der Waals surface area contributed by atoms with Crippen LogP contribution in [0.1, 0.15) is 73.0 Å². The van der Waals surface area contributed by atoms with Crippen LogP contribution in [-0.4, -0.2) is 19.7 Å². The zero-order chi connectivity index (χ0) is 28.1. The molecule has 1 heterocycles. The van der Waals surface area contributed by atoms with Crippen LogP contribution in [-0.2, 0) is 29.1 Å². The van der Waals surface area contributed by atoms with Crippen molar-refractivity contribution >= 4 is 16.9 Å². The third kappa shape index (κ3) is 6.34. The molecule has 40 heavy (non-hydrogen) atoms. The minimum absolute atomic E-state index is 0.143. The van der Waals surface area contributed by atoms with Crippen molar-refractivity contribution < 1.29 is 23.4 Å². The van der Waals surface area contributed by atoms with E-state index in [1.807, 2.05) is 25.1 Å². The monoisotopic (exact) mass is 541 g/mol. The first-order chi connectivity index (χ1) is 19.5. The number of hydrogen-bond donors (Lipinski definition) is 1. The van der Waals surface area contributed by atoms with E-state index in [0.29, 0.717) is 37.2 Å². The largest absolute Gasteiger partial charge is 0.497 e. The number of ether oxygens (including phenoxy) is 3. The van der Waals surface area contributed by atoms with Gasteiger partial charge in [-0.15, -0.1) is 0 Å². The second-order valence-corrected chi connectivity index (χ2v) is 10.6. The van der Waals surface area contributed by atoms with Gasteiger partial charge >= 0.3 is 5.97 Å². The van der Waals surface area contributed by atoms with Crippen LogP contribution >= 0.6 is 0 Å². The van der Waals surface area contributed by atoms with E-state index in [9.17, 15) is 4.79 Å². The minimum atomic E-state index is -0.255. The van der Waals surface area contributed by atoms with Crippen molar-refractivity contribution in [2.75, 3.05) is 13.7 Å². The van der Waals surface area contributed by atoms with Gasteiger partial charge in [0.1, 0.15) is 29.4 Å². The number of nitrogens with two attached hydrogens (primary N) is 1. The molecule has 0 spiro atoms. The van der Waals surface area contributed by atoms with Crippen LogP contribution in [0.15, 0.2) is 59.0 Å². The molecule has 6 heteroatoms. The molecule has 210 valence electrons. The van der Waals surface area contributed by atoms with E-state index in [1.165, 1.54) is 18.4 Å². The average molecular weight is 542 g/mol. The number of methoxy groups -OCH3 is 1. The van der Waals surface area contributed by atoms with E-state index in [4.69, 9.17) is 24.4 Å². The Labute approximate surface area is 236 Å². The molecule has 0 bridgehead atoms. The van der Waals surface area contributed by atoms with Crippen molar-refractivity contribution in [3.05, 3.63) is 82.6 Å². The zero-order valence-electron chi connectivity index (χ0n) is 23.8. The highest BCUT2D eigenvalue weighted by molar-refractivity contribution is 5.90. The van der Waals surface area contributed by atoms with Crippen molar-refractivity contribution in [3.8, 4) is 22.6 Å². The summed E-state index contributed by atoms with van der Waals surface area (Å²) < 4.78 is 23.6. The second kappa shape index (κ2) is 12.6. The fourth-order valence-electron chi connectivity index (χ4n) is 5.15. The van der Waals surface area contributed by atoms with Crippen LogP contribution in [0.25, 0.3) is 22.1 Å². The van der Waals surface area contributed by atoms with Crippen molar-refractivity contribution in [1.82, 2.24) is 0 Å². The number of unbranched alkanes of at least 4 members (excludes halogenated alkanes) is 2. The molecule has 1 saturated carbocycles. The number of hydrogen-bond acceptors (Lipinski definition) is 6. The maximum Gasteiger partial charge on any atom is 0.310 e. The van der Waals surface area contributed by atoms with E-state index in [0.717, 1.165) is 63.8 Å². The van der Waals surface area contributed by atoms with Gasteiger partial charge in [0, 0.05) is 29.1 Å². The molecule has 6 nitrogen and oxygen atoms in total. The van der Waals surface area contributed by atoms with E-state index in [1.54, 1.807) is 7.11 Å². The third-order valence-corrected chi connectivity index (χ3v) is 7.63. The lowest BCUT2D eigenvalue weighted by molar-refractivity contribution is -0.143. The summed E-state index contributed by atoms with van der Waals surface area (Å²) in [5.41, 5.74) is 13.3. The van der Waals surface area contributed by atoms with Gasteiger partial charge in [0.05, 0.1) is 20.1 Å². The molecule has 1 aromatic heterocycles. The maximum absolute atomic E-state index is 12.5. The highest BCUT2D eigenvalue weighted by atomic mass is 16.5. The van der Waals surface area contributed by atoms with Crippen LogP contribution in [0.4, 0.5) is 0 Å². The summed E-state index contributed by atoms with van der Waals surface area (Å²) >= 11 is 0. The van der Waals surface area contributed by atoms with Gasteiger partial charge in [0.25, 0.3) is 0 Å². The lowest BCUT2D eigenvalue weighted by Crippen LogP contribution is -2.10. The number of aryl methyl sites for hydroxylation is 1. The Morgan fingerprint density at radius 1 is 1.05 bits per heavy atom. The first-order valence-electron chi connectivity index (χ1n) is 14.3. The Morgan fingerprint density at radius 3 is 2.65 bits per heavy atom. The molecule has 3 aromatic carbocycles. The summed E-state index contributed by atoms with van der Waals surface area (Å²) in [6.07, 6.45) is 5.50. The second-order valence-electron chi connectivity index (χ2n) is 10.6. The molecule has 1 aliphatic carbocycles. The normalized spacial score (nSPS) is 13.0. The molecular formula is C34H39NO5. The maximum atomic E-state index is 12.5. The van der Waals surface area contributed by atoms with E-state index < -0.39 is 0 Å². The van der Waals surface area contributed by atoms with Gasteiger partial charge in [0.2, 0.25) is 0 Å². The Kier molecular flexibility index (Phi) is 8.75. The third-order valence-electron chi connectivity index (χ3n) is 7.63. The van der Waals surface area contributed by atoms with Crippen LogP contribution in [0.2, 0.25) is 0 Å². The van der Waals surface area contributed by atoms with Crippen molar-refractivity contribution in [3.63, 3.8) is 0 Å². The lowest BCUT2D eigenvalue weighted by Gasteiger charge is -2.13. The Hall–Kier alpha value is -3.77. The minimum Gasteiger partial charge on any atom is -0.497 e. The number of carbonyl (C=O) groups excluding carboxylic acids is 1. The number of furan rings is 1. The summed E-state index contributed by atoms with van der Waals surface area (Å²) in [6.45, 7) is 5.37. The number of carbonyl (C=O) groups is 1. The summed E-state index contributed by atoms with van der Waals surface area (Å²) in [5, 5.41) is 1.06. The van der Waals surface area contributed by atoms with Gasteiger partial charge < -0.3 is 24.4 Å². The molecular weight excluding hydrogens is 502 g/mol. The summed E-state index contributed by atoms with van der Waals surface area (Å²) in [4.78, 5) is 12.5. The smallest absolute Gasteiger partial charge is 0.310 e. The molecule has 5 rings (SSSR count). The predicted octanol–water partition coefficient (Wildman–Crippen LogP) is 7.61. The highest BCUT2D eigenvalue weighted by Gasteiger charge is 2.29. The van der Waals surface area contributed by atoms with Gasteiger partial charge in [-0.1, -0.05) is 44.0 Å². The Morgan fingerprint density at radius 2 is 1.90 bits per heavy atom. The molecule has 0 atom stereocenters.